The summed E-state index contributed by atoms with van der Waals surface area (Å²) >= 11 is 6.00. The number of aromatic amines is 1. The molecule has 2 saturated heterocycles. The van der Waals surface area contributed by atoms with Crippen LogP contribution in [0, 0.1) is 0 Å². The Morgan fingerprint density at radius 1 is 1.02 bits per heavy atom. The summed E-state index contributed by atoms with van der Waals surface area (Å²) in [6.07, 6.45) is 2.06. The van der Waals surface area contributed by atoms with Crippen LogP contribution < -0.4 is 15.8 Å². The van der Waals surface area contributed by atoms with Crippen molar-refractivity contribution in [3.05, 3.63) is 72.3 Å². The SMILES string of the molecule is COCCOc1ccc(-c2n[nH]c3ccc(NC(=O)[C@]4(OCl)CCN(CC(=O)N5CCC(c6ccc(-c7nnc(N)o7)cc6)CC5)C4)cc23)cc1. The number of nitrogen functional groups attached to an aromatic ring is 1. The van der Waals surface area contributed by atoms with Crippen molar-refractivity contribution >= 4 is 46.3 Å². The van der Waals surface area contributed by atoms with Gasteiger partial charge >= 0.3 is 6.01 Å². The molecule has 51 heavy (non-hydrogen) atoms. The van der Waals surface area contributed by atoms with Gasteiger partial charge < -0.3 is 29.8 Å². The fourth-order valence-electron chi connectivity index (χ4n) is 6.79. The van der Waals surface area contributed by atoms with Crippen molar-refractivity contribution in [2.75, 3.05) is 64.1 Å². The minimum Gasteiger partial charge on any atom is -0.491 e. The zero-order chi connectivity index (χ0) is 35.4. The van der Waals surface area contributed by atoms with Crippen LogP contribution in [0.15, 0.2) is 71.1 Å². The summed E-state index contributed by atoms with van der Waals surface area (Å²) in [5, 5.41) is 19.0. The number of aromatic nitrogens is 4. The molecule has 15 heteroatoms. The monoisotopic (exact) mass is 714 g/mol. The van der Waals surface area contributed by atoms with E-state index in [0.29, 0.717) is 56.8 Å². The molecular formula is C36H39ClN8O6. The number of ether oxygens (including phenoxy) is 2. The maximum atomic E-state index is 13.6. The highest BCUT2D eigenvalue weighted by atomic mass is 35.5. The lowest BCUT2D eigenvalue weighted by Gasteiger charge is -2.33. The number of rotatable bonds is 12. The number of nitrogens with two attached hydrogens (primary N) is 1. The van der Waals surface area contributed by atoms with Gasteiger partial charge in [0.15, 0.2) is 5.60 Å². The molecule has 0 bridgehead atoms. The molecule has 7 rings (SSSR count). The van der Waals surface area contributed by atoms with Crippen LogP contribution in [0.4, 0.5) is 11.7 Å². The lowest BCUT2D eigenvalue weighted by molar-refractivity contribution is -0.135. The number of halogens is 1. The van der Waals surface area contributed by atoms with Gasteiger partial charge in [-0.2, -0.15) is 5.10 Å². The molecule has 0 radical (unpaired) electrons. The minimum atomic E-state index is -1.30. The topological polar surface area (TPSA) is 174 Å². The predicted molar refractivity (Wildman–Crippen MR) is 191 cm³/mol. The minimum absolute atomic E-state index is 0.0241. The highest BCUT2D eigenvalue weighted by Crippen LogP contribution is 2.33. The van der Waals surface area contributed by atoms with Crippen molar-refractivity contribution in [2.45, 2.75) is 30.8 Å². The van der Waals surface area contributed by atoms with Crippen molar-refractivity contribution in [3.8, 4) is 28.5 Å². The molecule has 14 nitrogen and oxygen atoms in total. The van der Waals surface area contributed by atoms with Gasteiger partial charge in [-0.05, 0) is 78.9 Å². The van der Waals surface area contributed by atoms with E-state index in [0.717, 1.165) is 46.3 Å². The second-order valence-corrected chi connectivity index (χ2v) is 13.1. The molecule has 0 unspecified atom stereocenters. The van der Waals surface area contributed by atoms with Crippen molar-refractivity contribution in [3.63, 3.8) is 0 Å². The Hall–Kier alpha value is -5.02. The zero-order valence-corrected chi connectivity index (χ0v) is 28.9. The van der Waals surface area contributed by atoms with E-state index >= 15 is 0 Å². The number of H-pyrrole nitrogens is 1. The van der Waals surface area contributed by atoms with E-state index in [1.165, 1.54) is 5.56 Å². The molecule has 0 saturated carbocycles. The van der Waals surface area contributed by atoms with Crippen molar-refractivity contribution in [2.24, 2.45) is 0 Å². The number of nitrogens with one attached hydrogen (secondary N) is 2. The van der Waals surface area contributed by atoms with E-state index in [-0.39, 0.29) is 30.9 Å². The lowest BCUT2D eigenvalue weighted by atomic mass is 9.89. The third-order valence-electron chi connectivity index (χ3n) is 9.65. The number of anilines is 2. The first-order valence-electron chi connectivity index (χ1n) is 16.8. The molecule has 0 spiro atoms. The van der Waals surface area contributed by atoms with Crippen LogP contribution in [0.25, 0.3) is 33.6 Å². The van der Waals surface area contributed by atoms with Gasteiger partial charge in [0.2, 0.25) is 11.8 Å². The molecule has 0 aliphatic carbocycles. The molecule has 3 aromatic carbocycles. The van der Waals surface area contributed by atoms with Crippen LogP contribution >= 0.6 is 11.9 Å². The average molecular weight is 715 g/mol. The standard InChI is InChI=1S/C36H39ClN8O6/c1-48-18-19-49-28-9-6-25(7-10-28)32-29-20-27(8-11-30(29)40-41-32)39-34(47)36(51-37)14-17-44(22-36)21-31(46)45-15-12-24(13-16-45)23-2-4-26(5-3-23)33-42-43-35(38)50-33/h2-11,20,24H,12-19,21-22H2,1H3,(H2,38,43)(H,39,47)(H,40,41)/t36-/m0/s1. The summed E-state index contributed by atoms with van der Waals surface area (Å²) in [6.45, 7) is 3.15. The first-order valence-corrected chi connectivity index (χ1v) is 17.2. The summed E-state index contributed by atoms with van der Waals surface area (Å²) in [6, 6.07) is 21.2. The molecule has 266 valence electrons. The molecule has 2 aromatic heterocycles. The summed E-state index contributed by atoms with van der Waals surface area (Å²) in [4.78, 5) is 30.8. The zero-order valence-electron chi connectivity index (χ0n) is 28.1. The summed E-state index contributed by atoms with van der Waals surface area (Å²) in [7, 11) is 1.63. The van der Waals surface area contributed by atoms with Crippen LogP contribution in [-0.4, -0.2) is 101 Å². The number of hydrogen-bond donors (Lipinski definition) is 3. The number of hydrogen-bond acceptors (Lipinski definition) is 11. The van der Waals surface area contributed by atoms with Gasteiger partial charge in [-0.3, -0.25) is 23.9 Å². The van der Waals surface area contributed by atoms with Crippen LogP contribution in [0.5, 0.6) is 5.75 Å². The number of piperidine rings is 1. The number of carbonyl (C=O) groups is 2. The van der Waals surface area contributed by atoms with Crippen LogP contribution in [0.2, 0.25) is 0 Å². The van der Waals surface area contributed by atoms with Gasteiger partial charge in [0.1, 0.15) is 12.4 Å². The van der Waals surface area contributed by atoms with E-state index in [9.17, 15) is 9.59 Å². The second kappa shape index (κ2) is 15.1. The Morgan fingerprint density at radius 2 is 1.78 bits per heavy atom. The van der Waals surface area contributed by atoms with E-state index in [1.54, 1.807) is 13.2 Å². The van der Waals surface area contributed by atoms with Gasteiger partial charge in [0, 0.05) is 61.9 Å². The maximum Gasteiger partial charge on any atom is 0.313 e. The number of fused-ring (bicyclic) bond motifs is 1. The fraction of sp³-hybridized carbons (Fsp3) is 0.361. The van der Waals surface area contributed by atoms with E-state index in [2.05, 4.69) is 37.8 Å². The van der Waals surface area contributed by atoms with Gasteiger partial charge in [0.25, 0.3) is 5.91 Å². The smallest absolute Gasteiger partial charge is 0.313 e. The maximum absolute atomic E-state index is 13.6. The van der Waals surface area contributed by atoms with Gasteiger partial charge in [0.05, 0.1) is 36.2 Å². The van der Waals surface area contributed by atoms with Crippen molar-refractivity contribution in [1.29, 1.82) is 0 Å². The number of benzene rings is 3. The molecule has 2 amide bonds. The number of nitrogens with zero attached hydrogens (tertiary/aromatic N) is 5. The number of methoxy groups -OCH3 is 1. The predicted octanol–water partition coefficient (Wildman–Crippen LogP) is 4.85. The number of carbonyl (C=O) groups excluding carboxylic acids is 2. The van der Waals surface area contributed by atoms with E-state index < -0.39 is 5.60 Å². The number of likely N-dealkylation sites (tertiary alicyclic amines) is 2. The van der Waals surface area contributed by atoms with Crippen LogP contribution in [0.3, 0.4) is 0 Å². The lowest BCUT2D eigenvalue weighted by Crippen LogP contribution is -2.48. The third-order valence-corrected chi connectivity index (χ3v) is 9.95. The normalized spacial score (nSPS) is 18.4. The Kier molecular flexibility index (Phi) is 10.2. The molecule has 2 aliphatic rings. The largest absolute Gasteiger partial charge is 0.491 e. The fourth-order valence-corrected chi connectivity index (χ4v) is 6.98. The highest BCUT2D eigenvalue weighted by molar-refractivity contribution is 6.11. The van der Waals surface area contributed by atoms with Gasteiger partial charge in [-0.15, -0.1) is 5.10 Å². The van der Waals surface area contributed by atoms with Gasteiger partial charge in [-0.25, -0.2) is 0 Å². The molecule has 5 aromatic rings. The van der Waals surface area contributed by atoms with Crippen molar-refractivity contribution < 1.29 is 27.8 Å². The summed E-state index contributed by atoms with van der Waals surface area (Å²) in [5.41, 5.74) is 9.29. The first-order chi connectivity index (χ1) is 24.8. The Balaban J connectivity index is 0.928. The first kappa shape index (κ1) is 34.4. The second-order valence-electron chi connectivity index (χ2n) is 12.9. The Morgan fingerprint density at radius 3 is 2.49 bits per heavy atom. The third kappa shape index (κ3) is 7.54. The van der Waals surface area contributed by atoms with Crippen LogP contribution in [0.1, 0.15) is 30.7 Å². The molecule has 1 atom stereocenters. The molecule has 4 heterocycles. The van der Waals surface area contributed by atoms with E-state index in [1.807, 2.05) is 58.3 Å². The summed E-state index contributed by atoms with van der Waals surface area (Å²) in [5.74, 6) is 1.11. The van der Waals surface area contributed by atoms with Crippen LogP contribution in [-0.2, 0) is 18.6 Å². The van der Waals surface area contributed by atoms with Gasteiger partial charge in [-0.1, -0.05) is 17.2 Å². The van der Waals surface area contributed by atoms with E-state index in [4.69, 9.17) is 35.8 Å². The highest BCUT2D eigenvalue weighted by Gasteiger charge is 2.47. The van der Waals surface area contributed by atoms with Crippen molar-refractivity contribution in [1.82, 2.24) is 30.2 Å². The Labute approximate surface area is 299 Å². The summed E-state index contributed by atoms with van der Waals surface area (Å²) < 4.78 is 21.4. The molecule has 2 fully saturated rings. The molecule has 4 N–H and O–H groups in total. The Bertz CT molecular complexity index is 1980. The average Bonchev–Trinajstić information content (AvgIpc) is 3.91. The number of amides is 2. The molecular weight excluding hydrogens is 676 g/mol. The molecule has 2 aliphatic heterocycles. The quantitative estimate of drug-likeness (QED) is 0.151.